The molecule has 94 valence electrons. The summed E-state index contributed by atoms with van der Waals surface area (Å²) >= 11 is 0. The van der Waals surface area contributed by atoms with Gasteiger partial charge in [-0.15, -0.1) is 0 Å². The number of carbonyl (C=O) groups excluding carboxylic acids is 1. The van der Waals surface area contributed by atoms with Gasteiger partial charge in [0.1, 0.15) is 11.5 Å². The second kappa shape index (κ2) is 4.24. The van der Waals surface area contributed by atoms with E-state index in [-0.39, 0.29) is 5.56 Å². The van der Waals surface area contributed by atoms with Crippen LogP contribution in [0.3, 0.4) is 0 Å². The highest BCUT2D eigenvalue weighted by Gasteiger charge is 2.25. The third-order valence-corrected chi connectivity index (χ3v) is 3.10. The van der Waals surface area contributed by atoms with E-state index in [2.05, 4.69) is 0 Å². The number of para-hydroxylation sites is 2. The molecule has 1 heterocycles. The topological polar surface area (TPSA) is 63.6 Å². The number of carboxylic acids is 1. The monoisotopic (exact) mass is 254 g/mol. The zero-order chi connectivity index (χ0) is 13.4. The van der Waals surface area contributed by atoms with Crippen LogP contribution in [0.4, 0.5) is 0 Å². The summed E-state index contributed by atoms with van der Waals surface area (Å²) in [5.74, 6) is -1.40. The van der Waals surface area contributed by atoms with Gasteiger partial charge in [0.05, 0.1) is 5.56 Å². The van der Waals surface area contributed by atoms with Gasteiger partial charge in [-0.1, -0.05) is 30.3 Å². The lowest BCUT2D eigenvalue weighted by atomic mass is 9.96. The van der Waals surface area contributed by atoms with E-state index in [4.69, 9.17) is 9.84 Å². The van der Waals surface area contributed by atoms with Gasteiger partial charge in [-0.25, -0.2) is 4.79 Å². The molecule has 1 aliphatic heterocycles. The van der Waals surface area contributed by atoms with E-state index >= 15 is 0 Å². The van der Waals surface area contributed by atoms with Crippen LogP contribution >= 0.6 is 0 Å². The van der Waals surface area contributed by atoms with Gasteiger partial charge in [-0.2, -0.15) is 0 Å². The molecule has 0 bridgehead atoms. The Morgan fingerprint density at radius 1 is 1.00 bits per heavy atom. The molecule has 3 rings (SSSR count). The molecule has 1 N–H and O–H groups in total. The lowest BCUT2D eigenvalue weighted by molar-refractivity contribution is -0.131. The average Bonchev–Trinajstić information content (AvgIpc) is 2.43. The Balaban J connectivity index is 2.11. The lowest BCUT2D eigenvalue weighted by Crippen LogP contribution is -2.16. The maximum atomic E-state index is 11.6. The predicted octanol–water partition coefficient (Wildman–Crippen LogP) is 2.65. The zero-order valence-corrected chi connectivity index (χ0v) is 9.92. The first-order valence-electron chi connectivity index (χ1n) is 5.82. The number of Topliss-reactive ketones (excluding diaryl/α,β-unsaturated/α-hetero) is 1. The van der Waals surface area contributed by atoms with Crippen LogP contribution in [0.1, 0.15) is 21.5 Å². The summed E-state index contributed by atoms with van der Waals surface area (Å²) in [5.41, 5.74) is 1.94. The fraction of sp³-hybridized carbons (Fsp3) is 0.0667. The number of rotatable bonds is 2. The van der Waals surface area contributed by atoms with Gasteiger partial charge < -0.3 is 9.84 Å². The number of ketones is 1. The van der Waals surface area contributed by atoms with Crippen molar-refractivity contribution in [1.29, 1.82) is 0 Å². The van der Waals surface area contributed by atoms with Gasteiger partial charge in [0, 0.05) is 12.0 Å². The molecule has 0 saturated heterocycles. The first-order chi connectivity index (χ1) is 9.16. The van der Waals surface area contributed by atoms with Gasteiger partial charge in [0.2, 0.25) is 0 Å². The molecule has 0 aromatic heterocycles. The van der Waals surface area contributed by atoms with E-state index < -0.39 is 11.8 Å². The van der Waals surface area contributed by atoms with Crippen LogP contribution in [0.5, 0.6) is 11.5 Å². The van der Waals surface area contributed by atoms with Crippen molar-refractivity contribution in [3.8, 4) is 11.5 Å². The molecule has 0 radical (unpaired) electrons. The van der Waals surface area contributed by atoms with E-state index in [1.54, 1.807) is 12.1 Å². The number of hydrogen-bond acceptors (Lipinski definition) is 3. The highest BCUT2D eigenvalue weighted by molar-refractivity contribution is 6.40. The standard InChI is InChI=1S/C15H10O4/c16-13(15(17)18)11-6-3-5-10-8-9-4-1-2-7-12(9)19-14(10)11/h1-7H,8H2,(H,17,18). The van der Waals surface area contributed by atoms with E-state index in [1.807, 2.05) is 24.3 Å². The number of aliphatic carboxylic acids is 1. The molecule has 19 heavy (non-hydrogen) atoms. The molecule has 0 spiro atoms. The van der Waals surface area contributed by atoms with Crippen LogP contribution in [-0.4, -0.2) is 16.9 Å². The molecule has 0 aliphatic carbocycles. The van der Waals surface area contributed by atoms with Crippen molar-refractivity contribution in [2.24, 2.45) is 0 Å². The molecule has 2 aromatic carbocycles. The molecule has 0 saturated carbocycles. The second-order valence-electron chi connectivity index (χ2n) is 4.31. The van der Waals surface area contributed by atoms with Gasteiger partial charge in [0.15, 0.2) is 0 Å². The van der Waals surface area contributed by atoms with Crippen molar-refractivity contribution in [2.45, 2.75) is 6.42 Å². The van der Waals surface area contributed by atoms with E-state index in [9.17, 15) is 9.59 Å². The number of benzene rings is 2. The lowest BCUT2D eigenvalue weighted by Gasteiger charge is -2.21. The second-order valence-corrected chi connectivity index (χ2v) is 4.31. The molecule has 4 nitrogen and oxygen atoms in total. The molecule has 0 amide bonds. The van der Waals surface area contributed by atoms with Crippen molar-refractivity contribution in [3.05, 3.63) is 59.2 Å². The Bertz CT molecular complexity index is 688. The third-order valence-electron chi connectivity index (χ3n) is 3.10. The van der Waals surface area contributed by atoms with Crippen LogP contribution in [0, 0.1) is 0 Å². The van der Waals surface area contributed by atoms with Crippen LogP contribution in [-0.2, 0) is 11.2 Å². The number of fused-ring (bicyclic) bond motifs is 2. The summed E-state index contributed by atoms with van der Waals surface area (Å²) in [6.45, 7) is 0. The normalized spacial score (nSPS) is 12.0. The molecule has 4 heteroatoms. The number of carbonyl (C=O) groups is 2. The molecule has 1 aliphatic rings. The third kappa shape index (κ3) is 1.87. The molecular weight excluding hydrogens is 244 g/mol. The summed E-state index contributed by atoms with van der Waals surface area (Å²) in [6, 6.07) is 12.5. The van der Waals surface area contributed by atoms with Crippen molar-refractivity contribution in [3.63, 3.8) is 0 Å². The SMILES string of the molecule is O=C(O)C(=O)c1cccc2c1Oc1ccccc1C2. The maximum absolute atomic E-state index is 11.6. The predicted molar refractivity (Wildman–Crippen MR) is 67.7 cm³/mol. The first kappa shape index (κ1) is 11.5. The van der Waals surface area contributed by atoms with Gasteiger partial charge in [0.25, 0.3) is 5.78 Å². The summed E-state index contributed by atoms with van der Waals surface area (Å²) in [4.78, 5) is 22.5. The fourth-order valence-electron chi connectivity index (χ4n) is 2.20. The highest BCUT2D eigenvalue weighted by atomic mass is 16.5. The Morgan fingerprint density at radius 2 is 1.74 bits per heavy atom. The van der Waals surface area contributed by atoms with E-state index in [0.717, 1.165) is 11.1 Å². The Kier molecular flexibility index (Phi) is 2.56. The van der Waals surface area contributed by atoms with Crippen molar-refractivity contribution >= 4 is 11.8 Å². The molecule has 0 atom stereocenters. The van der Waals surface area contributed by atoms with E-state index in [1.165, 1.54) is 6.07 Å². The van der Waals surface area contributed by atoms with Crippen LogP contribution in [0.2, 0.25) is 0 Å². The average molecular weight is 254 g/mol. The van der Waals surface area contributed by atoms with Crippen molar-refractivity contribution in [1.82, 2.24) is 0 Å². The van der Waals surface area contributed by atoms with Crippen LogP contribution < -0.4 is 4.74 Å². The van der Waals surface area contributed by atoms with Crippen LogP contribution in [0.25, 0.3) is 0 Å². The molecule has 2 aromatic rings. The minimum absolute atomic E-state index is 0.0968. The summed E-state index contributed by atoms with van der Waals surface area (Å²) in [5, 5.41) is 8.83. The smallest absolute Gasteiger partial charge is 0.377 e. The number of hydrogen-bond donors (Lipinski definition) is 1. The Hall–Kier alpha value is -2.62. The number of ether oxygens (including phenoxy) is 1. The quantitative estimate of drug-likeness (QED) is 0.564. The summed E-state index contributed by atoms with van der Waals surface area (Å²) < 4.78 is 5.70. The van der Waals surface area contributed by atoms with Crippen LogP contribution in [0.15, 0.2) is 42.5 Å². The highest BCUT2D eigenvalue weighted by Crippen LogP contribution is 2.38. The van der Waals surface area contributed by atoms with Crippen molar-refractivity contribution < 1.29 is 19.4 Å². The number of carboxylic acid groups (broad SMARTS) is 1. The minimum Gasteiger partial charge on any atom is -0.475 e. The molecular formula is C15H10O4. The van der Waals surface area contributed by atoms with Gasteiger partial charge >= 0.3 is 5.97 Å². The van der Waals surface area contributed by atoms with E-state index in [0.29, 0.717) is 17.9 Å². The zero-order valence-electron chi connectivity index (χ0n) is 9.92. The maximum Gasteiger partial charge on any atom is 0.377 e. The Labute approximate surface area is 109 Å². The van der Waals surface area contributed by atoms with Crippen molar-refractivity contribution in [2.75, 3.05) is 0 Å². The first-order valence-corrected chi connectivity index (χ1v) is 5.82. The largest absolute Gasteiger partial charge is 0.475 e. The molecule has 0 unspecified atom stereocenters. The fourth-order valence-corrected chi connectivity index (χ4v) is 2.20. The minimum atomic E-state index is -1.48. The summed E-state index contributed by atoms with van der Waals surface area (Å²) in [7, 11) is 0. The Morgan fingerprint density at radius 3 is 2.53 bits per heavy atom. The van der Waals surface area contributed by atoms with Gasteiger partial charge in [-0.05, 0) is 17.7 Å². The van der Waals surface area contributed by atoms with Gasteiger partial charge in [-0.3, -0.25) is 4.79 Å². The summed E-state index contributed by atoms with van der Waals surface area (Å²) in [6.07, 6.45) is 0.631. The molecule has 0 fully saturated rings.